The highest BCUT2D eigenvalue weighted by Crippen LogP contribution is 2.24. The quantitative estimate of drug-likeness (QED) is 0.598. The Bertz CT molecular complexity index is 894. The molecule has 3 rings (SSSR count). The van der Waals surface area contributed by atoms with Crippen molar-refractivity contribution in [1.29, 1.82) is 0 Å². The number of nitrogens with one attached hydrogen (secondary N) is 1. The van der Waals surface area contributed by atoms with E-state index < -0.39 is 0 Å². The smallest absolute Gasteiger partial charge is 0.223 e. The molecule has 1 N–H and O–H groups in total. The fourth-order valence-electron chi connectivity index (χ4n) is 1.99. The van der Waals surface area contributed by atoms with Gasteiger partial charge < -0.3 is 14.6 Å². The van der Waals surface area contributed by atoms with Gasteiger partial charge in [0.15, 0.2) is 16.1 Å². The summed E-state index contributed by atoms with van der Waals surface area (Å²) in [6.45, 7) is 1.78. The van der Waals surface area contributed by atoms with Crippen LogP contribution in [0.2, 0.25) is 5.02 Å². The van der Waals surface area contributed by atoms with E-state index in [0.29, 0.717) is 22.5 Å². The molecule has 26 heavy (non-hydrogen) atoms. The molecule has 2 aromatic heterocycles. The third-order valence-electron chi connectivity index (χ3n) is 3.29. The summed E-state index contributed by atoms with van der Waals surface area (Å²) < 4.78 is 7.59. The van der Waals surface area contributed by atoms with E-state index in [9.17, 15) is 4.79 Å². The Balaban J connectivity index is 1.55. The van der Waals surface area contributed by atoms with Gasteiger partial charge in [0.25, 0.3) is 0 Å². The number of hydrogen-bond acceptors (Lipinski definition) is 7. The lowest BCUT2D eigenvalue weighted by molar-refractivity contribution is -0.114. The molecule has 7 nitrogen and oxygen atoms in total. The van der Waals surface area contributed by atoms with Crippen molar-refractivity contribution in [2.24, 2.45) is 7.05 Å². The van der Waals surface area contributed by atoms with E-state index in [2.05, 4.69) is 20.5 Å². The van der Waals surface area contributed by atoms with Crippen LogP contribution in [-0.2, 0) is 24.2 Å². The summed E-state index contributed by atoms with van der Waals surface area (Å²) >= 11 is 8.78. The van der Waals surface area contributed by atoms with Crippen LogP contribution in [0, 0.1) is 0 Å². The Labute approximate surface area is 163 Å². The first-order chi connectivity index (χ1) is 12.5. The number of rotatable bonds is 7. The van der Waals surface area contributed by atoms with Gasteiger partial charge in [-0.3, -0.25) is 4.79 Å². The topological polar surface area (TPSA) is 81.9 Å². The minimum atomic E-state index is -0.128. The molecule has 136 valence electrons. The number of hydrogen-bond donors (Lipinski definition) is 1. The van der Waals surface area contributed by atoms with E-state index in [0.717, 1.165) is 22.4 Å². The number of amides is 1. The lowest BCUT2D eigenvalue weighted by Gasteiger charge is -2.06. The number of ether oxygens (including phenoxy) is 1. The number of aromatic nitrogens is 4. The molecule has 0 fully saturated rings. The highest BCUT2D eigenvalue weighted by Gasteiger charge is 2.11. The molecule has 2 heterocycles. The molecule has 0 aliphatic rings. The highest BCUT2D eigenvalue weighted by molar-refractivity contribution is 7.98. The van der Waals surface area contributed by atoms with Crippen molar-refractivity contribution in [3.63, 3.8) is 0 Å². The van der Waals surface area contributed by atoms with Crippen molar-refractivity contribution in [3.05, 3.63) is 46.2 Å². The van der Waals surface area contributed by atoms with Gasteiger partial charge in [0.05, 0.1) is 5.69 Å². The van der Waals surface area contributed by atoms with Crippen molar-refractivity contribution in [2.45, 2.75) is 24.4 Å². The second kappa shape index (κ2) is 8.52. The molecule has 0 saturated carbocycles. The number of benzene rings is 1. The predicted octanol–water partition coefficient (Wildman–Crippen LogP) is 3.75. The summed E-state index contributed by atoms with van der Waals surface area (Å²) in [7, 11) is 1.90. The number of carbonyl (C=O) groups excluding carboxylic acids is 1. The van der Waals surface area contributed by atoms with Gasteiger partial charge in [-0.15, -0.1) is 21.5 Å². The Hall–Kier alpha value is -2.10. The summed E-state index contributed by atoms with van der Waals surface area (Å²) in [4.78, 5) is 15.4. The van der Waals surface area contributed by atoms with E-state index in [4.69, 9.17) is 16.3 Å². The third-order valence-corrected chi connectivity index (χ3v) is 5.40. The lowest BCUT2D eigenvalue weighted by atomic mass is 10.3. The Morgan fingerprint density at radius 3 is 2.85 bits per heavy atom. The first-order valence-electron chi connectivity index (χ1n) is 7.62. The molecular weight excluding hydrogens is 394 g/mol. The molecule has 0 atom stereocenters. The number of nitrogens with zero attached hydrogens (tertiary/aromatic N) is 4. The van der Waals surface area contributed by atoms with Crippen LogP contribution in [0.25, 0.3) is 0 Å². The number of thioether (sulfide) groups is 1. The molecule has 0 aliphatic carbocycles. The molecule has 0 unspecified atom stereocenters. The van der Waals surface area contributed by atoms with Gasteiger partial charge in [-0.1, -0.05) is 23.4 Å². The van der Waals surface area contributed by atoms with Crippen LogP contribution in [0.4, 0.5) is 5.13 Å². The van der Waals surface area contributed by atoms with Crippen molar-refractivity contribution in [2.75, 3.05) is 5.32 Å². The van der Waals surface area contributed by atoms with E-state index >= 15 is 0 Å². The Morgan fingerprint density at radius 2 is 2.12 bits per heavy atom. The second-order valence-electron chi connectivity index (χ2n) is 5.31. The molecule has 0 bridgehead atoms. The monoisotopic (exact) mass is 409 g/mol. The van der Waals surface area contributed by atoms with Crippen LogP contribution in [0.15, 0.2) is 34.8 Å². The zero-order valence-electron chi connectivity index (χ0n) is 14.1. The van der Waals surface area contributed by atoms with Crippen LogP contribution in [0.1, 0.15) is 18.4 Å². The van der Waals surface area contributed by atoms with Gasteiger partial charge in [-0.05, 0) is 24.3 Å². The van der Waals surface area contributed by atoms with Crippen LogP contribution in [-0.4, -0.2) is 25.7 Å². The van der Waals surface area contributed by atoms with Gasteiger partial charge in [0, 0.05) is 30.1 Å². The third kappa shape index (κ3) is 4.96. The SMILES string of the molecule is CC(=O)Nc1nc(CSc2nnc(COc3ccc(Cl)cc3)n2C)cs1. The fraction of sp³-hybridized carbons (Fsp3) is 0.250. The minimum Gasteiger partial charge on any atom is -0.486 e. The van der Waals surface area contributed by atoms with Crippen molar-refractivity contribution in [1.82, 2.24) is 19.7 Å². The summed E-state index contributed by atoms with van der Waals surface area (Å²) in [5, 5.41) is 15.0. The van der Waals surface area contributed by atoms with Crippen LogP contribution < -0.4 is 10.1 Å². The largest absolute Gasteiger partial charge is 0.486 e. The summed E-state index contributed by atoms with van der Waals surface area (Å²) in [5.74, 6) is 1.96. The molecule has 10 heteroatoms. The average molecular weight is 410 g/mol. The number of anilines is 1. The standard InChI is InChI=1S/C16H16ClN5O2S2/c1-10(23)18-15-19-12(8-25-15)9-26-16-21-20-14(22(16)2)7-24-13-5-3-11(17)4-6-13/h3-6,8H,7,9H2,1-2H3,(H,18,19,23). The first-order valence-corrected chi connectivity index (χ1v) is 9.87. The van der Waals surface area contributed by atoms with E-state index in [-0.39, 0.29) is 5.91 Å². The van der Waals surface area contributed by atoms with E-state index in [1.165, 1.54) is 30.0 Å². The van der Waals surface area contributed by atoms with Crippen LogP contribution >= 0.6 is 34.7 Å². The zero-order chi connectivity index (χ0) is 18.5. The van der Waals surface area contributed by atoms with Gasteiger partial charge in [0.2, 0.25) is 5.91 Å². The lowest BCUT2D eigenvalue weighted by Crippen LogP contribution is -2.05. The zero-order valence-corrected chi connectivity index (χ0v) is 16.5. The normalized spacial score (nSPS) is 10.7. The number of thiazole rings is 1. The van der Waals surface area contributed by atoms with Gasteiger partial charge in [-0.25, -0.2) is 4.98 Å². The number of halogens is 1. The summed E-state index contributed by atoms with van der Waals surface area (Å²) in [6.07, 6.45) is 0. The molecule has 3 aromatic rings. The maximum absolute atomic E-state index is 11.0. The predicted molar refractivity (Wildman–Crippen MR) is 103 cm³/mol. The molecular formula is C16H16ClN5O2S2. The van der Waals surface area contributed by atoms with Crippen molar-refractivity contribution >= 4 is 45.7 Å². The van der Waals surface area contributed by atoms with E-state index in [1.54, 1.807) is 12.1 Å². The van der Waals surface area contributed by atoms with Crippen LogP contribution in [0.5, 0.6) is 5.75 Å². The molecule has 0 aliphatic heterocycles. The van der Waals surface area contributed by atoms with Gasteiger partial charge >= 0.3 is 0 Å². The molecule has 0 saturated heterocycles. The van der Waals surface area contributed by atoms with Crippen LogP contribution in [0.3, 0.4) is 0 Å². The van der Waals surface area contributed by atoms with Crippen molar-refractivity contribution in [3.8, 4) is 5.75 Å². The fourth-order valence-corrected chi connectivity index (χ4v) is 3.81. The molecule has 0 radical (unpaired) electrons. The van der Waals surface area contributed by atoms with E-state index in [1.807, 2.05) is 29.1 Å². The maximum atomic E-state index is 11.0. The molecule has 1 aromatic carbocycles. The summed E-state index contributed by atoms with van der Waals surface area (Å²) in [6, 6.07) is 7.17. The number of carbonyl (C=O) groups is 1. The highest BCUT2D eigenvalue weighted by atomic mass is 35.5. The Kier molecular flexibility index (Phi) is 6.12. The molecule has 0 spiro atoms. The van der Waals surface area contributed by atoms with Gasteiger partial charge in [0.1, 0.15) is 12.4 Å². The van der Waals surface area contributed by atoms with Crippen molar-refractivity contribution < 1.29 is 9.53 Å². The second-order valence-corrected chi connectivity index (χ2v) is 7.55. The average Bonchev–Trinajstić information content (AvgIpc) is 3.19. The molecule has 1 amide bonds. The maximum Gasteiger partial charge on any atom is 0.223 e. The summed E-state index contributed by atoms with van der Waals surface area (Å²) in [5.41, 5.74) is 0.880. The minimum absolute atomic E-state index is 0.128. The van der Waals surface area contributed by atoms with Gasteiger partial charge in [-0.2, -0.15) is 0 Å². The first kappa shape index (κ1) is 18.7. The Morgan fingerprint density at radius 1 is 1.35 bits per heavy atom.